The normalized spacial score (nSPS) is 10.6. The lowest BCUT2D eigenvalue weighted by Crippen LogP contribution is -2.09. The largest absolute Gasteiger partial charge is 0.484 e. The molecule has 0 aromatic heterocycles. The number of rotatable bonds is 9. The summed E-state index contributed by atoms with van der Waals surface area (Å²) in [6.07, 6.45) is 5.06. The summed E-state index contributed by atoms with van der Waals surface area (Å²) in [7, 11) is 0. The number of nitro groups is 1. The van der Waals surface area contributed by atoms with E-state index in [0.29, 0.717) is 12.2 Å². The summed E-state index contributed by atoms with van der Waals surface area (Å²) in [5, 5.41) is 19.7. The summed E-state index contributed by atoms with van der Waals surface area (Å²) >= 11 is 0. The fourth-order valence-corrected chi connectivity index (χ4v) is 1.58. The molecule has 22 heavy (non-hydrogen) atoms. The maximum absolute atomic E-state index is 10.9. The first-order valence-corrected chi connectivity index (χ1v) is 6.45. The van der Waals surface area contributed by atoms with Gasteiger partial charge in [-0.1, -0.05) is 31.4 Å². The molecule has 6 heteroatoms. The van der Waals surface area contributed by atoms with Crippen molar-refractivity contribution < 1.29 is 14.4 Å². The minimum absolute atomic E-state index is 0.0539. The van der Waals surface area contributed by atoms with Crippen LogP contribution in [0.15, 0.2) is 55.2 Å². The Bertz CT molecular complexity index is 630. The van der Waals surface area contributed by atoms with Gasteiger partial charge < -0.3 is 9.47 Å². The van der Waals surface area contributed by atoms with E-state index in [2.05, 4.69) is 13.2 Å². The number of ether oxygens (including phenoxy) is 2. The molecule has 1 rings (SSSR count). The number of nitriles is 1. The molecule has 0 heterocycles. The second-order valence-electron chi connectivity index (χ2n) is 4.13. The molecule has 6 nitrogen and oxygen atoms in total. The first-order chi connectivity index (χ1) is 10.6. The predicted octanol–water partition coefficient (Wildman–Crippen LogP) is 3.16. The number of hydrogen-bond acceptors (Lipinski definition) is 5. The van der Waals surface area contributed by atoms with Gasteiger partial charge in [-0.2, -0.15) is 5.26 Å². The van der Waals surface area contributed by atoms with Gasteiger partial charge >= 0.3 is 5.69 Å². The van der Waals surface area contributed by atoms with Crippen LogP contribution in [0.1, 0.15) is 5.56 Å². The van der Waals surface area contributed by atoms with Crippen molar-refractivity contribution in [2.45, 2.75) is 0 Å². The maximum atomic E-state index is 10.9. The van der Waals surface area contributed by atoms with Gasteiger partial charge in [0.05, 0.1) is 29.8 Å². The highest BCUT2D eigenvalue weighted by atomic mass is 16.6. The third kappa shape index (κ3) is 5.23. The first-order valence-electron chi connectivity index (χ1n) is 6.45. The summed E-state index contributed by atoms with van der Waals surface area (Å²) in [6.45, 7) is 7.95. The van der Waals surface area contributed by atoms with Crippen LogP contribution in [-0.2, 0) is 4.74 Å². The highest BCUT2D eigenvalue weighted by molar-refractivity contribution is 5.51. The number of benzene rings is 1. The molecule has 0 bridgehead atoms. The molecule has 0 aliphatic heterocycles. The quantitative estimate of drug-likeness (QED) is 0.302. The molecule has 0 N–H and O–H groups in total. The van der Waals surface area contributed by atoms with E-state index in [-0.39, 0.29) is 24.7 Å². The summed E-state index contributed by atoms with van der Waals surface area (Å²) < 4.78 is 10.7. The van der Waals surface area contributed by atoms with Crippen LogP contribution in [0.4, 0.5) is 5.69 Å². The summed E-state index contributed by atoms with van der Waals surface area (Å²) in [5.41, 5.74) is 0.981. The fraction of sp³-hybridized carbons (Fsp3) is 0.188. The van der Waals surface area contributed by atoms with Crippen molar-refractivity contribution in [3.05, 3.63) is 70.8 Å². The van der Waals surface area contributed by atoms with Crippen molar-refractivity contribution in [1.29, 1.82) is 5.26 Å². The maximum Gasteiger partial charge on any atom is 0.311 e. The topological polar surface area (TPSA) is 85.4 Å². The van der Waals surface area contributed by atoms with Crippen LogP contribution < -0.4 is 4.74 Å². The molecule has 0 amide bonds. The molecule has 0 spiro atoms. The van der Waals surface area contributed by atoms with E-state index < -0.39 is 4.92 Å². The van der Waals surface area contributed by atoms with Gasteiger partial charge in [-0.15, -0.1) is 0 Å². The van der Waals surface area contributed by atoms with Crippen LogP contribution in [0.5, 0.6) is 5.75 Å². The third-order valence-electron chi connectivity index (χ3n) is 2.63. The van der Waals surface area contributed by atoms with Crippen molar-refractivity contribution in [2.24, 2.45) is 0 Å². The zero-order valence-electron chi connectivity index (χ0n) is 12.0. The second kappa shape index (κ2) is 9.10. The van der Waals surface area contributed by atoms with Gasteiger partial charge in [0.25, 0.3) is 0 Å². The van der Waals surface area contributed by atoms with Gasteiger partial charge in [-0.25, -0.2) is 0 Å². The van der Waals surface area contributed by atoms with E-state index >= 15 is 0 Å². The smallest absolute Gasteiger partial charge is 0.311 e. The van der Waals surface area contributed by atoms with Gasteiger partial charge in [0, 0.05) is 12.1 Å². The van der Waals surface area contributed by atoms with Crippen molar-refractivity contribution in [1.82, 2.24) is 0 Å². The number of nitro benzene ring substituents is 1. The second-order valence-corrected chi connectivity index (χ2v) is 4.13. The first kappa shape index (κ1) is 17.1. The minimum Gasteiger partial charge on any atom is -0.484 e. The van der Waals surface area contributed by atoms with Gasteiger partial charge in [0.15, 0.2) is 5.75 Å². The highest BCUT2D eigenvalue weighted by Crippen LogP contribution is 2.27. The average molecular weight is 300 g/mol. The minimum atomic E-state index is -0.556. The molecule has 0 aliphatic rings. The molecule has 0 saturated heterocycles. The van der Waals surface area contributed by atoms with Gasteiger partial charge in [-0.3, -0.25) is 10.1 Å². The fourth-order valence-electron chi connectivity index (χ4n) is 1.58. The van der Waals surface area contributed by atoms with E-state index in [1.54, 1.807) is 18.2 Å². The van der Waals surface area contributed by atoms with Gasteiger partial charge in [0.2, 0.25) is 0 Å². The Kier molecular flexibility index (Phi) is 7.09. The third-order valence-corrected chi connectivity index (χ3v) is 2.63. The molecule has 0 saturated carbocycles. The molecule has 1 aromatic rings. The van der Waals surface area contributed by atoms with Crippen molar-refractivity contribution >= 4 is 5.69 Å². The highest BCUT2D eigenvalue weighted by Gasteiger charge is 2.15. The molecule has 114 valence electrons. The van der Waals surface area contributed by atoms with Crippen LogP contribution >= 0.6 is 0 Å². The van der Waals surface area contributed by atoms with Crippen molar-refractivity contribution in [3.63, 3.8) is 0 Å². The van der Waals surface area contributed by atoms with Crippen LogP contribution in [-0.4, -0.2) is 24.7 Å². The SMILES string of the molecule is C=C/C=C(\C=C)COCCOc1cc(C#N)ccc1[N+](=O)[O-]. The van der Waals surface area contributed by atoms with Crippen LogP contribution in [0.3, 0.4) is 0 Å². The standard InChI is InChI=1S/C16H16N2O4/c1-3-5-13(4-2)12-21-8-9-22-16-10-14(11-17)6-7-15(16)18(19)20/h3-7,10H,1-2,8-9,12H2/b13-5+. The Morgan fingerprint density at radius 3 is 2.77 bits per heavy atom. The van der Waals surface area contributed by atoms with Crippen molar-refractivity contribution in [3.8, 4) is 11.8 Å². The summed E-state index contributed by atoms with van der Waals surface area (Å²) in [5.74, 6) is 0.0539. The van der Waals surface area contributed by atoms with E-state index in [1.807, 2.05) is 6.07 Å². The molecule has 0 radical (unpaired) electrons. The van der Waals surface area contributed by atoms with Crippen molar-refractivity contribution in [2.75, 3.05) is 19.8 Å². The summed E-state index contributed by atoms with van der Waals surface area (Å²) in [4.78, 5) is 10.3. The number of nitrogens with zero attached hydrogens (tertiary/aromatic N) is 2. The number of allylic oxidation sites excluding steroid dienone is 2. The van der Waals surface area contributed by atoms with E-state index in [4.69, 9.17) is 14.7 Å². The molecule has 1 aromatic carbocycles. The monoisotopic (exact) mass is 300 g/mol. The molecular formula is C16H16N2O4. The van der Waals surface area contributed by atoms with Crippen LogP contribution in [0.25, 0.3) is 0 Å². The average Bonchev–Trinajstić information content (AvgIpc) is 2.53. The number of hydrogen-bond donors (Lipinski definition) is 0. The molecule has 0 atom stereocenters. The lowest BCUT2D eigenvalue weighted by atomic mass is 10.2. The summed E-state index contributed by atoms with van der Waals surface area (Å²) in [6, 6.07) is 5.87. The van der Waals surface area contributed by atoms with E-state index in [0.717, 1.165) is 5.57 Å². The Morgan fingerprint density at radius 1 is 1.41 bits per heavy atom. The van der Waals surface area contributed by atoms with Crippen LogP contribution in [0, 0.1) is 21.4 Å². The molecule has 0 unspecified atom stereocenters. The zero-order valence-corrected chi connectivity index (χ0v) is 12.0. The van der Waals surface area contributed by atoms with Gasteiger partial charge in [-0.05, 0) is 11.6 Å². The Balaban J connectivity index is 2.56. The zero-order chi connectivity index (χ0) is 16.4. The lowest BCUT2D eigenvalue weighted by molar-refractivity contribution is -0.385. The van der Waals surface area contributed by atoms with Gasteiger partial charge in [0.1, 0.15) is 6.61 Å². The molecular weight excluding hydrogens is 284 g/mol. The van der Waals surface area contributed by atoms with E-state index in [1.165, 1.54) is 18.2 Å². The lowest BCUT2D eigenvalue weighted by Gasteiger charge is -2.08. The Labute approximate surface area is 128 Å². The predicted molar refractivity (Wildman–Crippen MR) is 82.6 cm³/mol. The Hall–Kier alpha value is -2.91. The molecule has 0 aliphatic carbocycles. The van der Waals surface area contributed by atoms with E-state index in [9.17, 15) is 10.1 Å². The Morgan fingerprint density at radius 2 is 2.18 bits per heavy atom. The van der Waals surface area contributed by atoms with Crippen LogP contribution in [0.2, 0.25) is 0 Å². The molecule has 0 fully saturated rings.